The van der Waals surface area contributed by atoms with Gasteiger partial charge in [-0.1, -0.05) is 29.8 Å². The number of aryl methyl sites for hydroxylation is 1. The van der Waals surface area contributed by atoms with Gasteiger partial charge in [-0.3, -0.25) is 14.5 Å². The summed E-state index contributed by atoms with van der Waals surface area (Å²) >= 11 is 6.04. The molecule has 2 amide bonds. The minimum atomic E-state index is -0.452. The predicted octanol–water partition coefficient (Wildman–Crippen LogP) is 2.42. The highest BCUT2D eigenvalue weighted by Crippen LogP contribution is 2.36. The van der Waals surface area contributed by atoms with E-state index >= 15 is 0 Å². The van der Waals surface area contributed by atoms with Gasteiger partial charge < -0.3 is 4.98 Å². The number of nitrogens with one attached hydrogen (secondary N) is 1. The molecule has 2 aromatic rings. The lowest BCUT2D eigenvalue weighted by Crippen LogP contribution is -2.26. The molecule has 0 bridgehead atoms. The van der Waals surface area contributed by atoms with E-state index in [0.29, 0.717) is 5.56 Å². The van der Waals surface area contributed by atoms with Crippen LogP contribution >= 0.6 is 11.6 Å². The van der Waals surface area contributed by atoms with E-state index < -0.39 is 5.91 Å². The summed E-state index contributed by atoms with van der Waals surface area (Å²) in [4.78, 5) is 28.2. The number of para-hydroxylation sites is 1. The fourth-order valence-corrected chi connectivity index (χ4v) is 2.73. The molecule has 0 unspecified atom stereocenters. The number of hydrogen-bond donors (Lipinski definition) is 1. The van der Waals surface area contributed by atoms with Crippen LogP contribution in [-0.2, 0) is 9.59 Å². The molecular formula is C14H11ClN2O2. The van der Waals surface area contributed by atoms with Crippen molar-refractivity contribution in [3.05, 3.63) is 40.6 Å². The van der Waals surface area contributed by atoms with Gasteiger partial charge >= 0.3 is 0 Å². The maximum Gasteiger partial charge on any atom is 0.272 e. The Morgan fingerprint density at radius 1 is 1.16 bits per heavy atom. The Hall–Kier alpha value is -2.07. The first kappa shape index (κ1) is 12.0. The van der Waals surface area contributed by atoms with Crippen molar-refractivity contribution in [2.75, 3.05) is 7.05 Å². The summed E-state index contributed by atoms with van der Waals surface area (Å²) in [5.74, 6) is -0.811. The third-order valence-corrected chi connectivity index (χ3v) is 3.72. The molecule has 2 heterocycles. The number of hydrogen-bond acceptors (Lipinski definition) is 2. The number of carbonyl (C=O) groups excluding carboxylic acids is 2. The summed E-state index contributed by atoms with van der Waals surface area (Å²) in [7, 11) is 1.43. The fraction of sp³-hybridized carbons (Fsp3) is 0.143. The second-order valence-corrected chi connectivity index (χ2v) is 4.91. The highest BCUT2D eigenvalue weighted by molar-refractivity contribution is 6.55. The molecule has 0 aliphatic carbocycles. The van der Waals surface area contributed by atoms with E-state index in [1.807, 2.05) is 31.2 Å². The van der Waals surface area contributed by atoms with E-state index in [9.17, 15) is 9.59 Å². The predicted molar refractivity (Wildman–Crippen MR) is 73.6 cm³/mol. The maximum atomic E-state index is 12.2. The van der Waals surface area contributed by atoms with Crippen molar-refractivity contribution >= 4 is 39.9 Å². The van der Waals surface area contributed by atoms with Gasteiger partial charge in [0, 0.05) is 29.2 Å². The molecule has 0 spiro atoms. The lowest BCUT2D eigenvalue weighted by Gasteiger charge is -2.06. The molecule has 0 atom stereocenters. The fourth-order valence-electron chi connectivity index (χ4n) is 2.42. The van der Waals surface area contributed by atoms with Crippen LogP contribution in [0.4, 0.5) is 0 Å². The Labute approximate surface area is 114 Å². The van der Waals surface area contributed by atoms with Gasteiger partial charge in [-0.05, 0) is 13.0 Å². The third kappa shape index (κ3) is 1.53. The van der Waals surface area contributed by atoms with Crippen LogP contribution in [0.5, 0.6) is 0 Å². The number of aromatic nitrogens is 1. The molecule has 5 heteroatoms. The number of benzene rings is 1. The van der Waals surface area contributed by atoms with Crippen molar-refractivity contribution in [2.24, 2.45) is 0 Å². The van der Waals surface area contributed by atoms with Crippen molar-refractivity contribution in [3.63, 3.8) is 0 Å². The number of amides is 2. The summed E-state index contributed by atoms with van der Waals surface area (Å²) in [5, 5.41) is 0.880. The maximum absolute atomic E-state index is 12.2. The molecule has 0 fully saturated rings. The monoisotopic (exact) mass is 274 g/mol. The van der Waals surface area contributed by atoms with Crippen molar-refractivity contribution in [3.8, 4) is 0 Å². The van der Waals surface area contributed by atoms with Gasteiger partial charge in [0.2, 0.25) is 0 Å². The smallest absolute Gasteiger partial charge is 0.272 e. The molecule has 3 rings (SSSR count). The van der Waals surface area contributed by atoms with Crippen LogP contribution in [-0.4, -0.2) is 28.7 Å². The van der Waals surface area contributed by atoms with E-state index in [1.54, 1.807) is 0 Å². The average Bonchev–Trinajstić information content (AvgIpc) is 2.81. The van der Waals surface area contributed by atoms with Crippen molar-refractivity contribution in [1.29, 1.82) is 0 Å². The largest absolute Gasteiger partial charge is 0.358 e. The Bertz CT molecular complexity index is 758. The van der Waals surface area contributed by atoms with E-state index in [2.05, 4.69) is 4.98 Å². The second-order valence-electron chi connectivity index (χ2n) is 4.53. The summed E-state index contributed by atoms with van der Waals surface area (Å²) in [6.45, 7) is 1.86. The number of fused-ring (bicyclic) bond motifs is 1. The molecule has 0 saturated heterocycles. The van der Waals surface area contributed by atoms with Gasteiger partial charge in [0.25, 0.3) is 11.8 Å². The first-order valence-electron chi connectivity index (χ1n) is 5.82. The van der Waals surface area contributed by atoms with Gasteiger partial charge in [0.1, 0.15) is 5.03 Å². The highest BCUT2D eigenvalue weighted by atomic mass is 35.5. The first-order valence-corrected chi connectivity index (χ1v) is 6.20. The van der Waals surface area contributed by atoms with Crippen LogP contribution < -0.4 is 0 Å². The normalized spacial score (nSPS) is 16.1. The molecule has 0 saturated carbocycles. The second kappa shape index (κ2) is 3.96. The van der Waals surface area contributed by atoms with Crippen molar-refractivity contribution in [2.45, 2.75) is 6.92 Å². The zero-order chi connectivity index (χ0) is 13.7. The Balaban J connectivity index is 2.34. The first-order chi connectivity index (χ1) is 9.02. The van der Waals surface area contributed by atoms with E-state index in [0.717, 1.165) is 21.5 Å². The molecule has 1 aliphatic rings. The molecule has 1 aromatic heterocycles. The molecule has 0 radical (unpaired) electrons. The van der Waals surface area contributed by atoms with Crippen LogP contribution in [0.15, 0.2) is 29.3 Å². The molecule has 1 N–H and O–H groups in total. The van der Waals surface area contributed by atoms with Crippen molar-refractivity contribution in [1.82, 2.24) is 9.88 Å². The topological polar surface area (TPSA) is 53.2 Å². The molecule has 96 valence electrons. The number of halogens is 1. The standard InChI is InChI=1S/C14H11ClN2O2/c1-7-10(8-5-3-4-6-9(8)16-7)11-12(15)14(19)17(2)13(11)18/h3-6,16H,1-2H3. The minimum Gasteiger partial charge on any atom is -0.358 e. The minimum absolute atomic E-state index is 0.0136. The number of rotatable bonds is 1. The van der Waals surface area contributed by atoms with Gasteiger partial charge in [0.05, 0.1) is 5.57 Å². The lowest BCUT2D eigenvalue weighted by atomic mass is 10.0. The average molecular weight is 275 g/mol. The number of nitrogens with zero attached hydrogens (tertiary/aromatic N) is 1. The van der Waals surface area contributed by atoms with Crippen LogP contribution in [0.3, 0.4) is 0 Å². The number of likely N-dealkylation sites (N-methyl/N-ethyl adjacent to an activating group) is 1. The molecule has 1 aromatic carbocycles. The number of carbonyl (C=O) groups is 2. The van der Waals surface area contributed by atoms with Crippen molar-refractivity contribution < 1.29 is 9.59 Å². The number of H-pyrrole nitrogens is 1. The molecular weight excluding hydrogens is 264 g/mol. The Kier molecular flexibility index (Phi) is 2.50. The third-order valence-electron chi connectivity index (χ3n) is 3.37. The SMILES string of the molecule is Cc1[nH]c2ccccc2c1C1=C(Cl)C(=O)N(C)C1=O. The summed E-state index contributed by atoms with van der Waals surface area (Å²) in [6.07, 6.45) is 0. The van der Waals surface area contributed by atoms with Gasteiger partial charge in [-0.25, -0.2) is 0 Å². The van der Waals surface area contributed by atoms with Crippen LogP contribution in [0, 0.1) is 6.92 Å². The molecule has 4 nitrogen and oxygen atoms in total. The Morgan fingerprint density at radius 2 is 1.84 bits per heavy atom. The van der Waals surface area contributed by atoms with Gasteiger partial charge in [0.15, 0.2) is 0 Å². The summed E-state index contributed by atoms with van der Waals surface area (Å²) in [5.41, 5.74) is 2.74. The number of imide groups is 1. The Morgan fingerprint density at radius 3 is 2.47 bits per heavy atom. The molecule has 19 heavy (non-hydrogen) atoms. The zero-order valence-corrected chi connectivity index (χ0v) is 11.2. The molecule has 1 aliphatic heterocycles. The van der Waals surface area contributed by atoms with E-state index in [4.69, 9.17) is 11.6 Å². The lowest BCUT2D eigenvalue weighted by molar-refractivity contribution is -0.134. The van der Waals surface area contributed by atoms with Gasteiger partial charge in [-0.15, -0.1) is 0 Å². The van der Waals surface area contributed by atoms with Crippen LogP contribution in [0.25, 0.3) is 16.5 Å². The number of aromatic amines is 1. The van der Waals surface area contributed by atoms with Crippen LogP contribution in [0.1, 0.15) is 11.3 Å². The van der Waals surface area contributed by atoms with Gasteiger partial charge in [-0.2, -0.15) is 0 Å². The van der Waals surface area contributed by atoms with E-state index in [-0.39, 0.29) is 16.5 Å². The zero-order valence-electron chi connectivity index (χ0n) is 10.5. The quantitative estimate of drug-likeness (QED) is 0.812. The van der Waals surface area contributed by atoms with Crippen LogP contribution in [0.2, 0.25) is 0 Å². The highest BCUT2D eigenvalue weighted by Gasteiger charge is 2.37. The van der Waals surface area contributed by atoms with E-state index in [1.165, 1.54) is 7.05 Å². The summed E-state index contributed by atoms with van der Waals surface area (Å²) in [6, 6.07) is 7.62. The summed E-state index contributed by atoms with van der Waals surface area (Å²) < 4.78 is 0.